The largest absolute Gasteiger partial charge is 0.477 e. The van der Waals surface area contributed by atoms with Gasteiger partial charge in [-0.3, -0.25) is 4.79 Å². The van der Waals surface area contributed by atoms with E-state index in [2.05, 4.69) is 15.3 Å². The van der Waals surface area contributed by atoms with E-state index in [0.717, 1.165) is 11.1 Å². The first kappa shape index (κ1) is 22.8. The van der Waals surface area contributed by atoms with Crippen molar-refractivity contribution in [1.29, 1.82) is 0 Å². The van der Waals surface area contributed by atoms with Crippen LogP contribution in [0.5, 0.6) is 5.88 Å². The van der Waals surface area contributed by atoms with E-state index >= 15 is 0 Å². The average Bonchev–Trinajstić information content (AvgIpc) is 2.79. The van der Waals surface area contributed by atoms with Gasteiger partial charge in [-0.15, -0.1) is 0 Å². The molecule has 0 radical (unpaired) electrons. The Morgan fingerprint density at radius 1 is 1.30 bits per heavy atom. The fourth-order valence-electron chi connectivity index (χ4n) is 3.57. The van der Waals surface area contributed by atoms with E-state index in [-0.39, 0.29) is 16.3 Å². The molecule has 172 valence electrons. The number of pyridine rings is 2. The third kappa shape index (κ3) is 5.34. The minimum Gasteiger partial charge on any atom is -0.477 e. The lowest BCUT2D eigenvalue weighted by molar-refractivity contribution is 0.206. The van der Waals surface area contributed by atoms with Crippen LogP contribution in [-0.2, 0) is 13.0 Å². The van der Waals surface area contributed by atoms with Gasteiger partial charge in [-0.2, -0.15) is 0 Å². The molecule has 9 heteroatoms. The van der Waals surface area contributed by atoms with Crippen molar-refractivity contribution in [2.75, 3.05) is 18.5 Å². The van der Waals surface area contributed by atoms with Crippen molar-refractivity contribution in [2.24, 2.45) is 5.92 Å². The highest BCUT2D eigenvalue weighted by atomic mass is 35.5. The molecule has 4 rings (SSSR count). The van der Waals surface area contributed by atoms with Gasteiger partial charge in [-0.1, -0.05) is 25.4 Å². The normalized spacial score (nSPS) is 13.1. The smallest absolute Gasteiger partial charge is 0.322 e. The molecule has 3 aromatic rings. The number of hydrogen-bond acceptors (Lipinski definition) is 4. The van der Waals surface area contributed by atoms with Crippen molar-refractivity contribution in [1.82, 2.24) is 14.9 Å². The number of aromatic nitrogens is 2. The van der Waals surface area contributed by atoms with Crippen LogP contribution < -0.4 is 15.6 Å². The van der Waals surface area contributed by atoms with Crippen LogP contribution in [0.25, 0.3) is 11.1 Å². The van der Waals surface area contributed by atoms with Crippen LogP contribution in [0.15, 0.2) is 47.5 Å². The van der Waals surface area contributed by atoms with Gasteiger partial charge < -0.3 is 19.9 Å². The Hall–Kier alpha value is -3.39. The first-order valence-electron chi connectivity index (χ1n) is 10.6. The fraction of sp³-hybridized carbons (Fsp3) is 0.292. The fourth-order valence-corrected chi connectivity index (χ4v) is 3.84. The highest BCUT2D eigenvalue weighted by Gasteiger charge is 2.22. The summed E-state index contributed by atoms with van der Waals surface area (Å²) in [5, 5.41) is 2.88. The van der Waals surface area contributed by atoms with Crippen molar-refractivity contribution in [3.05, 3.63) is 75.0 Å². The highest BCUT2D eigenvalue weighted by molar-refractivity contribution is 6.33. The van der Waals surface area contributed by atoms with Crippen molar-refractivity contribution >= 4 is 23.3 Å². The summed E-state index contributed by atoms with van der Waals surface area (Å²) >= 11 is 6.41. The van der Waals surface area contributed by atoms with E-state index in [4.69, 9.17) is 16.3 Å². The molecule has 0 bridgehead atoms. The number of fused-ring (bicyclic) bond motifs is 1. The number of rotatable bonds is 5. The molecule has 33 heavy (non-hydrogen) atoms. The molecular weight excluding hydrogens is 447 g/mol. The van der Waals surface area contributed by atoms with Gasteiger partial charge in [0.05, 0.1) is 17.3 Å². The van der Waals surface area contributed by atoms with Gasteiger partial charge in [0.25, 0.3) is 0 Å². The Kier molecular flexibility index (Phi) is 6.65. The second-order valence-electron chi connectivity index (χ2n) is 8.35. The molecule has 0 aliphatic carbocycles. The number of halogens is 2. The van der Waals surface area contributed by atoms with E-state index in [1.54, 1.807) is 35.5 Å². The third-order valence-corrected chi connectivity index (χ3v) is 5.63. The van der Waals surface area contributed by atoms with Gasteiger partial charge >= 0.3 is 6.03 Å². The van der Waals surface area contributed by atoms with Crippen LogP contribution in [0.2, 0.25) is 5.02 Å². The van der Waals surface area contributed by atoms with Crippen LogP contribution in [0.1, 0.15) is 25.0 Å². The number of nitrogens with zero attached hydrogens (tertiary/aromatic N) is 2. The summed E-state index contributed by atoms with van der Waals surface area (Å²) in [6.07, 6.45) is 3.74. The molecule has 2 aromatic heterocycles. The van der Waals surface area contributed by atoms with E-state index in [0.29, 0.717) is 49.0 Å². The molecule has 0 saturated carbocycles. The molecule has 1 aromatic carbocycles. The van der Waals surface area contributed by atoms with Crippen LogP contribution >= 0.6 is 11.6 Å². The number of carbonyl (C=O) groups is 1. The molecular formula is C24H24ClFN4O3. The van der Waals surface area contributed by atoms with Crippen molar-refractivity contribution < 1.29 is 13.9 Å². The number of ether oxygens (including phenoxy) is 1. The monoisotopic (exact) mass is 470 g/mol. The molecule has 0 atom stereocenters. The minimum atomic E-state index is -0.607. The first-order valence-corrected chi connectivity index (χ1v) is 11.0. The molecule has 1 aliphatic heterocycles. The summed E-state index contributed by atoms with van der Waals surface area (Å²) in [6.45, 7) is 5.39. The summed E-state index contributed by atoms with van der Waals surface area (Å²) < 4.78 is 20.4. The number of carbonyl (C=O) groups excluding carboxylic acids is 1. The van der Waals surface area contributed by atoms with Gasteiger partial charge in [0.1, 0.15) is 5.82 Å². The average molecular weight is 471 g/mol. The minimum absolute atomic E-state index is 0.00846. The predicted octanol–water partition coefficient (Wildman–Crippen LogP) is 4.85. The predicted molar refractivity (Wildman–Crippen MR) is 125 cm³/mol. The Bertz CT molecular complexity index is 1230. The van der Waals surface area contributed by atoms with E-state index < -0.39 is 11.8 Å². The van der Waals surface area contributed by atoms with Crippen LogP contribution in [-0.4, -0.2) is 34.1 Å². The number of benzene rings is 1. The van der Waals surface area contributed by atoms with Gasteiger partial charge in [0.15, 0.2) is 0 Å². The summed E-state index contributed by atoms with van der Waals surface area (Å²) in [6, 6.07) is 7.24. The molecule has 1 aliphatic rings. The Morgan fingerprint density at radius 3 is 2.85 bits per heavy atom. The molecule has 2 N–H and O–H groups in total. The molecule has 7 nitrogen and oxygen atoms in total. The van der Waals surface area contributed by atoms with E-state index in [1.807, 2.05) is 13.8 Å². The van der Waals surface area contributed by atoms with Crippen molar-refractivity contribution in [2.45, 2.75) is 26.8 Å². The lowest BCUT2D eigenvalue weighted by Crippen LogP contribution is -2.39. The summed E-state index contributed by atoms with van der Waals surface area (Å²) in [5.41, 5.74) is 2.69. The zero-order chi connectivity index (χ0) is 23.5. The third-order valence-electron chi connectivity index (χ3n) is 5.32. The van der Waals surface area contributed by atoms with Crippen molar-refractivity contribution in [3.63, 3.8) is 0 Å². The van der Waals surface area contributed by atoms with Crippen molar-refractivity contribution in [3.8, 4) is 17.0 Å². The molecule has 0 saturated heterocycles. The lowest BCUT2D eigenvalue weighted by atomic mass is 10.0. The van der Waals surface area contributed by atoms with Gasteiger partial charge in [-0.05, 0) is 41.7 Å². The zero-order valence-corrected chi connectivity index (χ0v) is 19.1. The molecule has 2 amide bonds. The van der Waals surface area contributed by atoms with Crippen LogP contribution in [0, 0.1) is 11.7 Å². The van der Waals surface area contributed by atoms with Gasteiger partial charge in [-0.25, -0.2) is 14.2 Å². The summed E-state index contributed by atoms with van der Waals surface area (Å²) in [5.74, 6) is 0.256. The second-order valence-corrected chi connectivity index (χ2v) is 8.76. The second kappa shape index (κ2) is 9.62. The maximum atomic E-state index is 14.8. The number of amides is 2. The quantitative estimate of drug-likeness (QED) is 0.557. The number of urea groups is 1. The van der Waals surface area contributed by atoms with Gasteiger partial charge in [0.2, 0.25) is 11.4 Å². The number of aromatic amines is 1. The van der Waals surface area contributed by atoms with E-state index in [9.17, 15) is 14.0 Å². The maximum absolute atomic E-state index is 14.8. The van der Waals surface area contributed by atoms with Crippen LogP contribution in [0.3, 0.4) is 0 Å². The molecule has 0 unspecified atom stereocenters. The Morgan fingerprint density at radius 2 is 2.12 bits per heavy atom. The topological polar surface area (TPSA) is 87.3 Å². The summed E-state index contributed by atoms with van der Waals surface area (Å²) in [7, 11) is 0. The number of anilines is 1. The van der Waals surface area contributed by atoms with Gasteiger partial charge in [0, 0.05) is 48.7 Å². The Labute approximate surface area is 195 Å². The number of nitrogens with one attached hydrogen (secondary N) is 2. The van der Waals surface area contributed by atoms with E-state index in [1.165, 1.54) is 12.1 Å². The highest BCUT2D eigenvalue weighted by Crippen LogP contribution is 2.33. The standard InChI is InChI=1S/C24H24ClFN4O3/c1-14(2)13-33-23-4-3-16(10-28-23)18-8-20(26)21(9-19(18)25)29-24(32)30-6-5-15-7-22(31)27-11-17(15)12-30/h3-4,7-11,14H,5-6,12-13H2,1-2H3,(H,27,31)(H,29,32). The number of hydrogen-bond donors (Lipinski definition) is 2. The summed E-state index contributed by atoms with van der Waals surface area (Å²) in [4.78, 5) is 32.6. The lowest BCUT2D eigenvalue weighted by Gasteiger charge is -2.28. The first-order chi connectivity index (χ1) is 15.8. The molecule has 0 spiro atoms. The molecule has 3 heterocycles. The molecule has 0 fully saturated rings. The van der Waals surface area contributed by atoms with Crippen LogP contribution in [0.4, 0.5) is 14.9 Å². The SMILES string of the molecule is CC(C)COc1ccc(-c2cc(F)c(NC(=O)N3CCc4cc(=O)[nH]cc4C3)cc2Cl)cn1. The maximum Gasteiger partial charge on any atom is 0.322 e. The Balaban J connectivity index is 1.46. The zero-order valence-electron chi connectivity index (χ0n) is 18.3. The number of H-pyrrole nitrogens is 1.